The molecule has 1 saturated heterocycles. The van der Waals surface area contributed by atoms with Gasteiger partial charge in [-0.25, -0.2) is 0 Å². The average Bonchev–Trinajstić information content (AvgIpc) is 3.40. The van der Waals surface area contributed by atoms with Crippen LogP contribution in [0.4, 0.5) is 0 Å². The number of halogens is 1. The van der Waals surface area contributed by atoms with Gasteiger partial charge in [0.2, 0.25) is 5.91 Å². The molecule has 4 rings (SSSR count). The minimum atomic E-state index is -0.792. The number of benzene rings is 3. The molecule has 0 unspecified atom stereocenters. The number of phenols is 2. The number of primary amides is 1. The molecule has 35 heavy (non-hydrogen) atoms. The lowest BCUT2D eigenvalue weighted by atomic mass is 9.69. The van der Waals surface area contributed by atoms with Crippen molar-refractivity contribution in [3.8, 4) is 11.5 Å². The van der Waals surface area contributed by atoms with Crippen LogP contribution < -0.4 is 5.73 Å². The molecule has 0 bridgehead atoms. The van der Waals surface area contributed by atoms with Crippen molar-refractivity contribution in [2.45, 2.75) is 50.5 Å². The fourth-order valence-electron chi connectivity index (χ4n) is 4.78. The Morgan fingerprint density at radius 2 is 1.40 bits per heavy atom. The first-order chi connectivity index (χ1) is 16.7. The summed E-state index contributed by atoms with van der Waals surface area (Å²) in [6.45, 7) is 6.88. The third kappa shape index (κ3) is 6.36. The number of likely N-dealkylation sites (tertiary alicyclic amines) is 1. The maximum absolute atomic E-state index is 12.9. The van der Waals surface area contributed by atoms with E-state index in [0.717, 1.165) is 30.6 Å². The Kier molecular flexibility index (Phi) is 8.82. The molecule has 0 saturated carbocycles. The second kappa shape index (κ2) is 11.6. The second-order valence-electron chi connectivity index (χ2n) is 9.64. The predicted octanol–water partition coefficient (Wildman–Crippen LogP) is 5.86. The fraction of sp³-hybridized carbons (Fsp3) is 0.345. The standard InChI is InChI=1S/C23H30N2O.C6H5ClO2/c1-22(2,25-17-9-10-18-25)15-16-23(21(24)26,19-11-5-3-6-12-19)20-13-7-4-8-14-20;7-5-2-1-4(8)3-6(5)9/h3-8,11-14H,9-10,15-18H2,1-2H3,(H2,24,26);1-3,8-9H. The lowest BCUT2D eigenvalue weighted by Crippen LogP contribution is -2.47. The van der Waals surface area contributed by atoms with E-state index in [-0.39, 0.29) is 28.0 Å². The Hall–Kier alpha value is -3.02. The molecule has 1 aliphatic rings. The molecule has 0 spiro atoms. The van der Waals surface area contributed by atoms with Crippen LogP contribution in [0.2, 0.25) is 5.02 Å². The van der Waals surface area contributed by atoms with Crippen LogP contribution in [0.15, 0.2) is 78.9 Å². The van der Waals surface area contributed by atoms with E-state index in [1.165, 1.54) is 31.0 Å². The number of nitrogens with two attached hydrogens (primary N) is 1. The number of aromatic hydroxyl groups is 2. The summed E-state index contributed by atoms with van der Waals surface area (Å²) in [5, 5.41) is 17.8. The van der Waals surface area contributed by atoms with Gasteiger partial charge < -0.3 is 15.9 Å². The number of carbonyl (C=O) groups excluding carboxylic acids is 1. The summed E-state index contributed by atoms with van der Waals surface area (Å²) in [7, 11) is 0. The van der Waals surface area contributed by atoms with Crippen molar-refractivity contribution >= 4 is 17.5 Å². The van der Waals surface area contributed by atoms with E-state index in [0.29, 0.717) is 6.42 Å². The lowest BCUT2D eigenvalue weighted by Gasteiger charge is -2.40. The van der Waals surface area contributed by atoms with Gasteiger partial charge in [0.15, 0.2) is 0 Å². The average molecular weight is 495 g/mol. The quantitative estimate of drug-likeness (QED) is 0.383. The van der Waals surface area contributed by atoms with Gasteiger partial charge in [-0.1, -0.05) is 72.3 Å². The molecule has 3 aromatic rings. The summed E-state index contributed by atoms with van der Waals surface area (Å²) in [6.07, 6.45) is 4.16. The predicted molar refractivity (Wildman–Crippen MR) is 142 cm³/mol. The number of rotatable bonds is 7. The maximum Gasteiger partial charge on any atom is 0.232 e. The highest BCUT2D eigenvalue weighted by molar-refractivity contribution is 6.32. The number of phenolic OH excluding ortho intramolecular Hbond substituents is 2. The highest BCUT2D eigenvalue weighted by Crippen LogP contribution is 2.39. The van der Waals surface area contributed by atoms with Crippen molar-refractivity contribution < 1.29 is 15.0 Å². The molecular formula is C29H35ClN2O3. The van der Waals surface area contributed by atoms with Gasteiger partial charge >= 0.3 is 0 Å². The molecule has 0 aliphatic carbocycles. The van der Waals surface area contributed by atoms with Gasteiger partial charge in [-0.05, 0) is 75.9 Å². The molecule has 0 radical (unpaired) electrons. The zero-order valence-electron chi connectivity index (χ0n) is 20.5. The summed E-state index contributed by atoms with van der Waals surface area (Å²) in [4.78, 5) is 15.4. The van der Waals surface area contributed by atoms with Crippen molar-refractivity contribution in [1.82, 2.24) is 4.90 Å². The monoisotopic (exact) mass is 494 g/mol. The van der Waals surface area contributed by atoms with Gasteiger partial charge in [0.1, 0.15) is 11.5 Å². The molecule has 3 aromatic carbocycles. The lowest BCUT2D eigenvalue weighted by molar-refractivity contribution is -0.122. The molecule has 1 aliphatic heterocycles. The molecule has 0 atom stereocenters. The molecular weight excluding hydrogens is 460 g/mol. The number of nitrogens with zero attached hydrogens (tertiary/aromatic N) is 1. The first-order valence-corrected chi connectivity index (χ1v) is 12.4. The van der Waals surface area contributed by atoms with E-state index >= 15 is 0 Å². The van der Waals surface area contributed by atoms with Gasteiger partial charge in [-0.15, -0.1) is 0 Å². The molecule has 4 N–H and O–H groups in total. The highest BCUT2D eigenvalue weighted by atomic mass is 35.5. The van der Waals surface area contributed by atoms with E-state index < -0.39 is 5.41 Å². The Morgan fingerprint density at radius 1 is 0.886 bits per heavy atom. The zero-order valence-corrected chi connectivity index (χ0v) is 21.2. The van der Waals surface area contributed by atoms with E-state index in [9.17, 15) is 4.79 Å². The Balaban J connectivity index is 0.000000320. The van der Waals surface area contributed by atoms with Crippen molar-refractivity contribution in [1.29, 1.82) is 0 Å². The topological polar surface area (TPSA) is 86.8 Å². The SMILES string of the molecule is CC(C)(CCC(C(N)=O)(c1ccccc1)c1ccccc1)N1CCCC1.Oc1ccc(Cl)c(O)c1. The molecule has 6 heteroatoms. The smallest absolute Gasteiger partial charge is 0.232 e. The first-order valence-electron chi connectivity index (χ1n) is 12.0. The largest absolute Gasteiger partial charge is 0.508 e. The molecule has 5 nitrogen and oxygen atoms in total. The van der Waals surface area contributed by atoms with Gasteiger partial charge in [0.05, 0.1) is 10.4 Å². The van der Waals surface area contributed by atoms with Crippen LogP contribution in [-0.2, 0) is 10.2 Å². The number of amides is 1. The Morgan fingerprint density at radius 3 is 1.83 bits per heavy atom. The minimum absolute atomic E-state index is 0.0110. The Bertz CT molecular complexity index is 1060. The van der Waals surface area contributed by atoms with Crippen molar-refractivity contribution in [2.24, 2.45) is 5.73 Å². The second-order valence-corrected chi connectivity index (χ2v) is 10.1. The minimum Gasteiger partial charge on any atom is -0.508 e. The number of hydrogen-bond acceptors (Lipinski definition) is 4. The van der Waals surface area contributed by atoms with Crippen LogP contribution in [0.5, 0.6) is 11.5 Å². The summed E-state index contributed by atoms with van der Waals surface area (Å²) < 4.78 is 0. The van der Waals surface area contributed by atoms with Crippen LogP contribution in [-0.4, -0.2) is 39.6 Å². The van der Waals surface area contributed by atoms with Crippen LogP contribution in [0.25, 0.3) is 0 Å². The normalized spacial score (nSPS) is 14.3. The van der Waals surface area contributed by atoms with Crippen molar-refractivity contribution in [3.63, 3.8) is 0 Å². The van der Waals surface area contributed by atoms with Crippen molar-refractivity contribution in [3.05, 3.63) is 95.0 Å². The number of carbonyl (C=O) groups is 1. The highest BCUT2D eigenvalue weighted by Gasteiger charge is 2.42. The summed E-state index contributed by atoms with van der Waals surface area (Å²) >= 11 is 5.42. The maximum atomic E-state index is 12.9. The molecule has 0 aromatic heterocycles. The molecule has 1 heterocycles. The van der Waals surface area contributed by atoms with E-state index in [2.05, 4.69) is 18.7 Å². The summed E-state index contributed by atoms with van der Waals surface area (Å²) in [5.74, 6) is -0.360. The molecule has 1 amide bonds. The van der Waals surface area contributed by atoms with Gasteiger partial charge in [0.25, 0.3) is 0 Å². The Labute approximate surface area is 213 Å². The molecule has 1 fully saturated rings. The zero-order chi connectivity index (χ0) is 25.5. The van der Waals surface area contributed by atoms with Crippen molar-refractivity contribution in [2.75, 3.05) is 13.1 Å². The van der Waals surface area contributed by atoms with E-state index in [4.69, 9.17) is 27.5 Å². The van der Waals surface area contributed by atoms with Crippen LogP contribution >= 0.6 is 11.6 Å². The summed E-state index contributed by atoms with van der Waals surface area (Å²) in [5.41, 5.74) is 7.29. The fourth-order valence-corrected chi connectivity index (χ4v) is 4.90. The number of hydrogen-bond donors (Lipinski definition) is 3. The van der Waals surface area contributed by atoms with Gasteiger partial charge in [0, 0.05) is 11.6 Å². The third-order valence-electron chi connectivity index (χ3n) is 6.96. The summed E-state index contributed by atoms with van der Waals surface area (Å²) in [6, 6.07) is 24.0. The van der Waals surface area contributed by atoms with Gasteiger partial charge in [-0.2, -0.15) is 0 Å². The third-order valence-corrected chi connectivity index (χ3v) is 7.28. The molecule has 186 valence electrons. The first kappa shape index (κ1) is 26.6. The van der Waals surface area contributed by atoms with Crippen LogP contribution in [0, 0.1) is 0 Å². The van der Waals surface area contributed by atoms with Crippen LogP contribution in [0.1, 0.15) is 50.7 Å². The van der Waals surface area contributed by atoms with E-state index in [1.54, 1.807) is 0 Å². The van der Waals surface area contributed by atoms with E-state index in [1.807, 2.05) is 60.7 Å². The van der Waals surface area contributed by atoms with Gasteiger partial charge in [-0.3, -0.25) is 9.69 Å². The van der Waals surface area contributed by atoms with Crippen LogP contribution in [0.3, 0.4) is 0 Å².